The second-order valence-corrected chi connectivity index (χ2v) is 5.13. The number of aliphatic hydroxyl groups is 1. The maximum atomic E-state index is 11.8. The van der Waals surface area contributed by atoms with Gasteiger partial charge >= 0.3 is 0 Å². The third-order valence-electron chi connectivity index (χ3n) is 2.87. The molecule has 1 aromatic carbocycles. The lowest BCUT2D eigenvalue weighted by Crippen LogP contribution is -2.41. The lowest BCUT2D eigenvalue weighted by atomic mass is 10.2. The number of nitrogens with zero attached hydrogens (tertiary/aromatic N) is 1. The average Bonchev–Trinajstić information content (AvgIpc) is 2.37. The third kappa shape index (κ3) is 6.05. The Morgan fingerprint density at radius 2 is 2.00 bits per heavy atom. The first-order valence-corrected chi connectivity index (χ1v) is 6.76. The number of carbonyl (C=O) groups is 1. The van der Waals surface area contributed by atoms with Gasteiger partial charge in [0, 0.05) is 24.2 Å². The van der Waals surface area contributed by atoms with Crippen LogP contribution < -0.4 is 5.32 Å². The van der Waals surface area contributed by atoms with E-state index in [1.165, 1.54) is 0 Å². The number of benzene rings is 1. The summed E-state index contributed by atoms with van der Waals surface area (Å²) in [6, 6.07) is 7.60. The fourth-order valence-electron chi connectivity index (χ4n) is 1.69. The number of aliphatic hydroxyl groups excluding tert-OH is 1. The lowest BCUT2D eigenvalue weighted by Gasteiger charge is -2.24. The van der Waals surface area contributed by atoms with E-state index in [9.17, 15) is 4.79 Å². The summed E-state index contributed by atoms with van der Waals surface area (Å²) in [6.45, 7) is 5.35. The minimum atomic E-state index is -0.0444. The largest absolute Gasteiger partial charge is 0.395 e. The molecule has 0 aromatic heterocycles. The molecule has 1 aromatic rings. The van der Waals surface area contributed by atoms with Crippen LogP contribution in [-0.2, 0) is 11.3 Å². The van der Waals surface area contributed by atoms with E-state index < -0.39 is 0 Å². The number of rotatable bonds is 7. The van der Waals surface area contributed by atoms with Crippen molar-refractivity contribution in [3.05, 3.63) is 34.9 Å². The summed E-state index contributed by atoms with van der Waals surface area (Å²) in [5.74, 6) is -0.0444. The molecular weight excluding hydrogens is 264 g/mol. The van der Waals surface area contributed by atoms with Crippen molar-refractivity contribution in [2.45, 2.75) is 26.4 Å². The molecule has 0 heterocycles. The molecule has 1 amide bonds. The van der Waals surface area contributed by atoms with Crippen molar-refractivity contribution < 1.29 is 9.90 Å². The highest BCUT2D eigenvalue weighted by molar-refractivity contribution is 6.30. The van der Waals surface area contributed by atoms with E-state index in [1.807, 2.05) is 30.9 Å². The Labute approximate surface area is 119 Å². The van der Waals surface area contributed by atoms with Crippen molar-refractivity contribution in [1.82, 2.24) is 10.2 Å². The molecule has 0 spiro atoms. The monoisotopic (exact) mass is 284 g/mol. The number of hydrogen-bond donors (Lipinski definition) is 2. The molecule has 1 rings (SSSR count). The summed E-state index contributed by atoms with van der Waals surface area (Å²) in [7, 11) is 0. The van der Waals surface area contributed by atoms with E-state index in [4.69, 9.17) is 16.7 Å². The molecule has 0 atom stereocenters. The van der Waals surface area contributed by atoms with Gasteiger partial charge in [0.15, 0.2) is 0 Å². The zero-order valence-corrected chi connectivity index (χ0v) is 12.2. The summed E-state index contributed by atoms with van der Waals surface area (Å²) in [5.41, 5.74) is 1.01. The predicted octanol–water partition coefficient (Wildman–Crippen LogP) is 1.66. The highest BCUT2D eigenvalue weighted by Crippen LogP contribution is 2.09. The molecule has 0 saturated carbocycles. The van der Waals surface area contributed by atoms with Gasteiger partial charge < -0.3 is 10.4 Å². The summed E-state index contributed by atoms with van der Waals surface area (Å²) < 4.78 is 0. The standard InChI is InChI=1S/C14H21ClN2O2/c1-11(2)17(7-8-18)10-14(19)16-9-12-3-5-13(15)6-4-12/h3-6,11,18H,7-10H2,1-2H3,(H,16,19). The molecule has 2 N–H and O–H groups in total. The normalized spacial score (nSPS) is 11.1. The SMILES string of the molecule is CC(C)N(CCO)CC(=O)NCc1ccc(Cl)cc1. The molecule has 0 aliphatic carbocycles. The molecule has 0 saturated heterocycles. The first-order chi connectivity index (χ1) is 9.02. The quantitative estimate of drug-likeness (QED) is 0.801. The Morgan fingerprint density at radius 1 is 1.37 bits per heavy atom. The van der Waals surface area contributed by atoms with Crippen molar-refractivity contribution in [2.75, 3.05) is 19.7 Å². The molecule has 4 nitrogen and oxygen atoms in total. The van der Waals surface area contributed by atoms with Gasteiger partial charge in [0.05, 0.1) is 13.2 Å². The van der Waals surface area contributed by atoms with Gasteiger partial charge in [-0.15, -0.1) is 0 Å². The van der Waals surface area contributed by atoms with E-state index in [2.05, 4.69) is 5.32 Å². The molecule has 19 heavy (non-hydrogen) atoms. The van der Waals surface area contributed by atoms with E-state index in [0.29, 0.717) is 24.7 Å². The molecule has 0 aliphatic rings. The lowest BCUT2D eigenvalue weighted by molar-refractivity contribution is -0.122. The van der Waals surface area contributed by atoms with Gasteiger partial charge in [0.1, 0.15) is 0 Å². The molecular formula is C14H21ClN2O2. The number of halogens is 1. The highest BCUT2D eigenvalue weighted by atomic mass is 35.5. The Balaban J connectivity index is 2.40. The fraction of sp³-hybridized carbons (Fsp3) is 0.500. The topological polar surface area (TPSA) is 52.6 Å². The van der Waals surface area contributed by atoms with Gasteiger partial charge in [-0.3, -0.25) is 9.69 Å². The van der Waals surface area contributed by atoms with Crippen LogP contribution in [-0.4, -0.2) is 41.7 Å². The van der Waals surface area contributed by atoms with E-state index in [1.54, 1.807) is 12.1 Å². The van der Waals surface area contributed by atoms with Crippen LogP contribution in [0.3, 0.4) is 0 Å². The van der Waals surface area contributed by atoms with Crippen LogP contribution in [0.2, 0.25) is 5.02 Å². The molecule has 0 bridgehead atoms. The maximum Gasteiger partial charge on any atom is 0.234 e. The second kappa shape index (κ2) is 8.15. The van der Waals surface area contributed by atoms with Gasteiger partial charge in [-0.25, -0.2) is 0 Å². The van der Waals surface area contributed by atoms with Crippen LogP contribution in [0.25, 0.3) is 0 Å². The van der Waals surface area contributed by atoms with Gasteiger partial charge in [-0.2, -0.15) is 0 Å². The van der Waals surface area contributed by atoms with Crippen LogP contribution in [0.5, 0.6) is 0 Å². The zero-order valence-electron chi connectivity index (χ0n) is 11.4. The molecule has 0 aliphatic heterocycles. The molecule has 0 unspecified atom stereocenters. The smallest absolute Gasteiger partial charge is 0.234 e. The first-order valence-electron chi connectivity index (χ1n) is 6.39. The van der Waals surface area contributed by atoms with Crippen LogP contribution >= 0.6 is 11.6 Å². The van der Waals surface area contributed by atoms with Gasteiger partial charge in [0.25, 0.3) is 0 Å². The Morgan fingerprint density at radius 3 is 2.53 bits per heavy atom. The Hall–Kier alpha value is -1.10. The number of nitrogens with one attached hydrogen (secondary N) is 1. The summed E-state index contributed by atoms with van der Waals surface area (Å²) >= 11 is 5.80. The fourth-order valence-corrected chi connectivity index (χ4v) is 1.82. The van der Waals surface area contributed by atoms with Crippen LogP contribution in [0.1, 0.15) is 19.4 Å². The van der Waals surface area contributed by atoms with E-state index in [-0.39, 0.29) is 18.6 Å². The average molecular weight is 285 g/mol. The molecule has 0 fully saturated rings. The second-order valence-electron chi connectivity index (χ2n) is 4.69. The third-order valence-corrected chi connectivity index (χ3v) is 3.12. The van der Waals surface area contributed by atoms with Crippen molar-refractivity contribution in [3.63, 3.8) is 0 Å². The first kappa shape index (κ1) is 16.0. The van der Waals surface area contributed by atoms with E-state index in [0.717, 1.165) is 5.56 Å². The van der Waals surface area contributed by atoms with E-state index >= 15 is 0 Å². The van der Waals surface area contributed by atoms with Crippen molar-refractivity contribution >= 4 is 17.5 Å². The highest BCUT2D eigenvalue weighted by Gasteiger charge is 2.12. The molecule has 0 radical (unpaired) electrons. The predicted molar refractivity (Wildman–Crippen MR) is 77.1 cm³/mol. The Kier molecular flexibility index (Phi) is 6.84. The summed E-state index contributed by atoms with van der Waals surface area (Å²) in [4.78, 5) is 13.7. The minimum Gasteiger partial charge on any atom is -0.395 e. The van der Waals surface area contributed by atoms with Crippen molar-refractivity contribution in [1.29, 1.82) is 0 Å². The van der Waals surface area contributed by atoms with Crippen LogP contribution in [0.4, 0.5) is 0 Å². The van der Waals surface area contributed by atoms with Crippen LogP contribution in [0, 0.1) is 0 Å². The zero-order chi connectivity index (χ0) is 14.3. The Bertz CT molecular complexity index is 393. The number of amides is 1. The molecule has 106 valence electrons. The van der Waals surface area contributed by atoms with Gasteiger partial charge in [0.2, 0.25) is 5.91 Å². The maximum absolute atomic E-state index is 11.8. The van der Waals surface area contributed by atoms with Crippen molar-refractivity contribution in [2.24, 2.45) is 0 Å². The summed E-state index contributed by atoms with van der Waals surface area (Å²) in [6.07, 6.45) is 0. The molecule has 5 heteroatoms. The number of hydrogen-bond acceptors (Lipinski definition) is 3. The summed E-state index contributed by atoms with van der Waals surface area (Å²) in [5, 5.41) is 12.5. The van der Waals surface area contributed by atoms with Crippen LogP contribution in [0.15, 0.2) is 24.3 Å². The van der Waals surface area contributed by atoms with Gasteiger partial charge in [-0.05, 0) is 31.5 Å². The number of carbonyl (C=O) groups excluding carboxylic acids is 1. The van der Waals surface area contributed by atoms with Gasteiger partial charge in [-0.1, -0.05) is 23.7 Å². The van der Waals surface area contributed by atoms with Crippen molar-refractivity contribution in [3.8, 4) is 0 Å². The minimum absolute atomic E-state index is 0.0444.